The lowest BCUT2D eigenvalue weighted by Gasteiger charge is -2.46. The Bertz CT molecular complexity index is 869. The van der Waals surface area contributed by atoms with Gasteiger partial charge in [0.15, 0.2) is 5.83 Å². The summed E-state index contributed by atoms with van der Waals surface area (Å²) in [5, 5.41) is 13.2. The smallest absolute Gasteiger partial charge is 0.341 e. The Morgan fingerprint density at radius 2 is 1.97 bits per heavy atom. The number of likely N-dealkylation sites (tertiary alicyclic amines) is 1. The topological polar surface area (TPSA) is 72.9 Å². The van der Waals surface area contributed by atoms with Crippen molar-refractivity contribution < 1.29 is 19.1 Å². The van der Waals surface area contributed by atoms with E-state index in [2.05, 4.69) is 10.2 Å². The van der Waals surface area contributed by atoms with Crippen molar-refractivity contribution in [3.05, 3.63) is 34.9 Å². The molecule has 4 aliphatic heterocycles. The maximum Gasteiger partial charge on any atom is 0.341 e. The molecule has 0 aromatic heterocycles. The van der Waals surface area contributed by atoms with Crippen molar-refractivity contribution in [2.75, 3.05) is 19.6 Å². The molecule has 1 saturated carbocycles. The highest BCUT2D eigenvalue weighted by Gasteiger charge is 2.48. The first-order chi connectivity index (χ1) is 15.0. The van der Waals surface area contributed by atoms with Crippen molar-refractivity contribution in [1.29, 1.82) is 0 Å². The van der Waals surface area contributed by atoms with Crippen molar-refractivity contribution in [2.24, 2.45) is 17.8 Å². The number of amides is 1. The fourth-order valence-electron chi connectivity index (χ4n) is 6.21. The van der Waals surface area contributed by atoms with Crippen LogP contribution >= 0.6 is 0 Å². The number of carbonyl (C=O) groups excluding carboxylic acids is 1. The van der Waals surface area contributed by atoms with E-state index in [-0.39, 0.29) is 17.5 Å². The van der Waals surface area contributed by atoms with Crippen molar-refractivity contribution in [3.8, 4) is 0 Å². The number of carboxylic acid groups (broad SMARTS) is 1. The first-order valence-electron chi connectivity index (χ1n) is 11.8. The molecule has 0 radical (unpaired) electrons. The largest absolute Gasteiger partial charge is 0.478 e. The van der Waals surface area contributed by atoms with Gasteiger partial charge >= 0.3 is 5.97 Å². The highest BCUT2D eigenvalue weighted by atomic mass is 19.1. The van der Waals surface area contributed by atoms with Crippen LogP contribution in [0.2, 0.25) is 0 Å². The summed E-state index contributed by atoms with van der Waals surface area (Å²) in [5.41, 5.74) is 1.27. The molecule has 1 aliphatic carbocycles. The minimum Gasteiger partial charge on any atom is -0.478 e. The van der Waals surface area contributed by atoms with E-state index in [0.29, 0.717) is 23.6 Å². The first-order valence-corrected chi connectivity index (χ1v) is 11.8. The number of allylic oxidation sites excluding steroid dienone is 1. The zero-order valence-electron chi connectivity index (χ0n) is 18.1. The predicted octanol–water partition coefficient (Wildman–Crippen LogP) is 3.19. The number of carbonyl (C=O) groups is 2. The molecule has 0 aromatic carbocycles. The van der Waals surface area contributed by atoms with Crippen LogP contribution < -0.4 is 5.32 Å². The zero-order chi connectivity index (χ0) is 21.7. The average Bonchev–Trinajstić information content (AvgIpc) is 3.60. The molecule has 0 bridgehead atoms. The molecule has 2 saturated heterocycles. The SMILES string of the molecule is CC1=C(N2CCCC(C3CCCCN3)C2)C(F)=CN2C(=O)C(C(=O)O)=CC(C3CC3)C12. The molecule has 7 heteroatoms. The Kier molecular flexibility index (Phi) is 5.40. The molecule has 0 aromatic rings. The summed E-state index contributed by atoms with van der Waals surface area (Å²) in [6.07, 6.45) is 10.8. The van der Waals surface area contributed by atoms with Gasteiger partial charge in [-0.15, -0.1) is 0 Å². The summed E-state index contributed by atoms with van der Waals surface area (Å²) in [5.74, 6) is -1.45. The van der Waals surface area contributed by atoms with Crippen LogP contribution in [0.3, 0.4) is 0 Å². The Morgan fingerprint density at radius 3 is 2.65 bits per heavy atom. The highest BCUT2D eigenvalue weighted by Crippen LogP contribution is 2.48. The number of hydrogen-bond donors (Lipinski definition) is 2. The summed E-state index contributed by atoms with van der Waals surface area (Å²) in [4.78, 5) is 28.0. The van der Waals surface area contributed by atoms with Gasteiger partial charge in [0, 0.05) is 31.2 Å². The number of halogens is 1. The highest BCUT2D eigenvalue weighted by molar-refractivity contribution is 6.16. The van der Waals surface area contributed by atoms with Gasteiger partial charge in [0.2, 0.25) is 0 Å². The predicted molar refractivity (Wildman–Crippen MR) is 114 cm³/mol. The van der Waals surface area contributed by atoms with E-state index in [1.165, 1.54) is 30.4 Å². The molecule has 0 spiro atoms. The van der Waals surface area contributed by atoms with Gasteiger partial charge in [0.25, 0.3) is 5.91 Å². The summed E-state index contributed by atoms with van der Waals surface area (Å²) in [7, 11) is 0. The van der Waals surface area contributed by atoms with Crippen LogP contribution in [0.4, 0.5) is 4.39 Å². The second-order valence-corrected chi connectivity index (χ2v) is 9.87. The number of nitrogens with one attached hydrogen (secondary N) is 1. The van der Waals surface area contributed by atoms with Crippen LogP contribution in [0.25, 0.3) is 0 Å². The molecule has 4 atom stereocenters. The third-order valence-electron chi connectivity index (χ3n) is 7.87. The van der Waals surface area contributed by atoms with Crippen LogP contribution in [0.1, 0.15) is 51.9 Å². The minimum absolute atomic E-state index is 0.0660. The van der Waals surface area contributed by atoms with Crippen LogP contribution in [-0.2, 0) is 9.59 Å². The number of nitrogens with zero attached hydrogens (tertiary/aromatic N) is 2. The van der Waals surface area contributed by atoms with Crippen molar-refractivity contribution in [2.45, 2.75) is 64.0 Å². The van der Waals surface area contributed by atoms with E-state index in [1.54, 1.807) is 6.08 Å². The second kappa shape index (κ2) is 8.08. The zero-order valence-corrected chi connectivity index (χ0v) is 18.1. The van der Waals surface area contributed by atoms with Crippen molar-refractivity contribution in [1.82, 2.24) is 15.1 Å². The molecular weight excluding hydrogens is 397 g/mol. The van der Waals surface area contributed by atoms with Crippen molar-refractivity contribution >= 4 is 11.9 Å². The Balaban J connectivity index is 1.46. The Labute approximate surface area is 182 Å². The fraction of sp³-hybridized carbons (Fsp3) is 0.667. The summed E-state index contributed by atoms with van der Waals surface area (Å²) >= 11 is 0. The Morgan fingerprint density at radius 1 is 1.16 bits per heavy atom. The Hall–Kier alpha value is -2.15. The average molecular weight is 430 g/mol. The van der Waals surface area contributed by atoms with Gasteiger partial charge in [0.1, 0.15) is 5.57 Å². The van der Waals surface area contributed by atoms with Crippen LogP contribution in [0, 0.1) is 17.8 Å². The maximum absolute atomic E-state index is 15.5. The van der Waals surface area contributed by atoms with E-state index in [4.69, 9.17) is 0 Å². The molecule has 4 heterocycles. The number of hydrogen-bond acceptors (Lipinski definition) is 4. The number of aliphatic carboxylic acids is 1. The molecule has 5 rings (SSSR count). The lowest BCUT2D eigenvalue weighted by Crippen LogP contribution is -2.52. The summed E-state index contributed by atoms with van der Waals surface area (Å²) in [6, 6.07) is 0.215. The van der Waals surface area contributed by atoms with Crippen LogP contribution in [-0.4, -0.2) is 58.5 Å². The van der Waals surface area contributed by atoms with Gasteiger partial charge < -0.3 is 20.2 Å². The van der Waals surface area contributed by atoms with Gasteiger partial charge in [-0.05, 0) is 69.4 Å². The lowest BCUT2D eigenvalue weighted by molar-refractivity contribution is -0.138. The number of carboxylic acids is 1. The molecule has 6 nitrogen and oxygen atoms in total. The third kappa shape index (κ3) is 3.71. The second-order valence-electron chi connectivity index (χ2n) is 9.87. The first kappa shape index (κ1) is 20.7. The van der Waals surface area contributed by atoms with E-state index in [1.807, 2.05) is 6.92 Å². The molecular formula is C24H32FN3O3. The monoisotopic (exact) mass is 429 g/mol. The molecule has 168 valence electrons. The molecule has 2 N–H and O–H groups in total. The molecule has 5 aliphatic rings. The fourth-order valence-corrected chi connectivity index (χ4v) is 6.21. The van der Waals surface area contributed by atoms with Gasteiger partial charge in [-0.1, -0.05) is 12.5 Å². The van der Waals surface area contributed by atoms with Gasteiger partial charge in [-0.3, -0.25) is 4.79 Å². The number of piperidine rings is 2. The van der Waals surface area contributed by atoms with E-state index < -0.39 is 17.7 Å². The normalized spacial score (nSPS) is 34.3. The van der Waals surface area contributed by atoms with Crippen LogP contribution in [0.15, 0.2) is 34.9 Å². The van der Waals surface area contributed by atoms with Gasteiger partial charge in [-0.25, -0.2) is 9.18 Å². The van der Waals surface area contributed by atoms with Crippen molar-refractivity contribution in [3.63, 3.8) is 0 Å². The quantitative estimate of drug-likeness (QED) is 0.672. The number of fused-ring (bicyclic) bond motifs is 1. The maximum atomic E-state index is 15.5. The van der Waals surface area contributed by atoms with E-state index >= 15 is 4.39 Å². The lowest BCUT2D eigenvalue weighted by atomic mass is 9.80. The van der Waals surface area contributed by atoms with E-state index in [9.17, 15) is 14.7 Å². The van der Waals surface area contributed by atoms with Crippen LogP contribution in [0.5, 0.6) is 0 Å². The summed E-state index contributed by atoms with van der Waals surface area (Å²) in [6.45, 7) is 4.65. The number of rotatable bonds is 4. The standard InChI is InChI=1S/C24H32FN3O3/c1-14-21-17(15-7-8-15)11-18(24(30)31)23(29)28(21)13-19(25)22(14)27-10-4-5-16(12-27)20-6-2-3-9-26-20/h11,13,15-17,20-21,26H,2-10,12H2,1H3,(H,30,31). The van der Waals surface area contributed by atoms with Gasteiger partial charge in [-0.2, -0.15) is 0 Å². The summed E-state index contributed by atoms with van der Waals surface area (Å²) < 4.78 is 15.5. The molecule has 1 amide bonds. The molecule has 4 unspecified atom stereocenters. The third-order valence-corrected chi connectivity index (χ3v) is 7.87. The van der Waals surface area contributed by atoms with Gasteiger partial charge in [0.05, 0.1) is 11.7 Å². The van der Waals surface area contributed by atoms with E-state index in [0.717, 1.165) is 50.9 Å². The molecule has 3 fully saturated rings. The minimum atomic E-state index is -1.23. The molecule has 31 heavy (non-hydrogen) atoms.